The summed E-state index contributed by atoms with van der Waals surface area (Å²) >= 11 is 0. The van der Waals surface area contributed by atoms with Crippen molar-refractivity contribution in [3.8, 4) is 0 Å². The number of H-pyrrole nitrogens is 1. The van der Waals surface area contributed by atoms with Crippen LogP contribution in [0.1, 0.15) is 55.4 Å². The van der Waals surface area contributed by atoms with E-state index in [1.165, 1.54) is 0 Å². The summed E-state index contributed by atoms with van der Waals surface area (Å²) in [6, 6.07) is 3.84. The van der Waals surface area contributed by atoms with E-state index >= 15 is 0 Å². The summed E-state index contributed by atoms with van der Waals surface area (Å²) in [7, 11) is 0. The van der Waals surface area contributed by atoms with Crippen LogP contribution in [0, 0.1) is 13.8 Å². The molecule has 4 rings (SSSR count). The number of rotatable bonds is 4. The number of amides is 1. The van der Waals surface area contributed by atoms with E-state index in [0.717, 1.165) is 62.4 Å². The third-order valence-corrected chi connectivity index (χ3v) is 5.31. The second-order valence-electron chi connectivity index (χ2n) is 7.48. The van der Waals surface area contributed by atoms with Crippen LogP contribution < -0.4 is 10.6 Å². The molecule has 8 nitrogen and oxygen atoms in total. The topological polar surface area (TPSA) is 98.8 Å². The van der Waals surface area contributed by atoms with Gasteiger partial charge in [0.15, 0.2) is 5.82 Å². The van der Waals surface area contributed by atoms with Gasteiger partial charge in [-0.1, -0.05) is 6.42 Å². The van der Waals surface area contributed by atoms with Crippen molar-refractivity contribution in [3.05, 3.63) is 29.3 Å². The molecule has 144 valence electrons. The number of anilines is 2. The van der Waals surface area contributed by atoms with Crippen LogP contribution in [0.3, 0.4) is 0 Å². The number of carbonyl (C=O) groups excluding carboxylic acids is 1. The lowest BCUT2D eigenvalue weighted by Crippen LogP contribution is -2.48. The Bertz CT molecular complexity index is 812. The molecule has 8 heteroatoms. The number of likely N-dealkylation sites (tertiary alicyclic amines) is 1. The van der Waals surface area contributed by atoms with Crippen molar-refractivity contribution in [3.63, 3.8) is 0 Å². The average molecular weight is 369 g/mol. The van der Waals surface area contributed by atoms with Crippen LogP contribution in [0.4, 0.5) is 11.6 Å². The summed E-state index contributed by atoms with van der Waals surface area (Å²) < 4.78 is 0. The zero-order valence-electron chi connectivity index (χ0n) is 16.0. The largest absolute Gasteiger partial charge is 0.333 e. The fourth-order valence-corrected chi connectivity index (χ4v) is 4.04. The molecular formula is C19H27N7O. The van der Waals surface area contributed by atoms with Crippen molar-refractivity contribution in [2.24, 2.45) is 0 Å². The minimum absolute atomic E-state index is 0.0180. The summed E-state index contributed by atoms with van der Waals surface area (Å²) in [6.45, 7) is 5.56. The minimum Gasteiger partial charge on any atom is -0.333 e. The number of hydrogen-bond donors (Lipinski definition) is 3. The summed E-state index contributed by atoms with van der Waals surface area (Å²) in [5, 5.41) is 13.7. The summed E-state index contributed by atoms with van der Waals surface area (Å²) in [5.41, 5.74) is 1.88. The number of nitrogens with zero attached hydrogens (tertiary/aromatic N) is 4. The van der Waals surface area contributed by atoms with E-state index in [-0.39, 0.29) is 18.0 Å². The van der Waals surface area contributed by atoms with E-state index in [0.29, 0.717) is 11.6 Å². The Balaban J connectivity index is 1.55. The number of aryl methyl sites for hydroxylation is 2. The lowest BCUT2D eigenvalue weighted by molar-refractivity contribution is -0.135. The van der Waals surface area contributed by atoms with Gasteiger partial charge in [0.2, 0.25) is 5.91 Å². The van der Waals surface area contributed by atoms with Gasteiger partial charge in [-0.3, -0.25) is 9.89 Å². The van der Waals surface area contributed by atoms with E-state index in [9.17, 15) is 4.79 Å². The van der Waals surface area contributed by atoms with Gasteiger partial charge in [0.05, 0.1) is 17.8 Å². The Labute approximate surface area is 159 Å². The molecule has 2 atom stereocenters. The molecule has 2 fully saturated rings. The van der Waals surface area contributed by atoms with Crippen molar-refractivity contribution in [1.29, 1.82) is 0 Å². The maximum Gasteiger partial charge on any atom is 0.240 e. The number of aromatic nitrogens is 4. The van der Waals surface area contributed by atoms with E-state index in [4.69, 9.17) is 0 Å². The van der Waals surface area contributed by atoms with Crippen LogP contribution in [-0.2, 0) is 4.79 Å². The van der Waals surface area contributed by atoms with Gasteiger partial charge in [0, 0.05) is 24.4 Å². The van der Waals surface area contributed by atoms with Crippen LogP contribution in [0.25, 0.3) is 0 Å². The fourth-order valence-electron chi connectivity index (χ4n) is 4.04. The number of piperidine rings is 1. The normalized spacial score (nSPS) is 22.8. The van der Waals surface area contributed by atoms with Gasteiger partial charge in [-0.05, 0) is 46.1 Å². The monoisotopic (exact) mass is 369 g/mol. The molecule has 0 aliphatic carbocycles. The van der Waals surface area contributed by atoms with E-state index in [2.05, 4.69) is 30.8 Å². The number of hydrogen-bond acceptors (Lipinski definition) is 6. The third kappa shape index (κ3) is 3.95. The molecule has 0 radical (unpaired) electrons. The van der Waals surface area contributed by atoms with Crippen molar-refractivity contribution in [2.75, 3.05) is 18.4 Å². The van der Waals surface area contributed by atoms with Gasteiger partial charge in [-0.15, -0.1) is 0 Å². The molecule has 2 aliphatic heterocycles. The van der Waals surface area contributed by atoms with Gasteiger partial charge < -0.3 is 15.5 Å². The molecular weight excluding hydrogens is 342 g/mol. The highest BCUT2D eigenvalue weighted by molar-refractivity contribution is 5.82. The number of carbonyl (C=O) groups is 1. The first kappa shape index (κ1) is 17.9. The molecule has 0 unspecified atom stereocenters. The molecule has 0 bridgehead atoms. The smallest absolute Gasteiger partial charge is 0.240 e. The molecule has 2 saturated heterocycles. The van der Waals surface area contributed by atoms with Crippen LogP contribution in [0.15, 0.2) is 12.1 Å². The highest BCUT2D eigenvalue weighted by Gasteiger charge is 2.35. The molecule has 3 N–H and O–H groups in total. The quantitative estimate of drug-likeness (QED) is 0.765. The first-order valence-electron chi connectivity index (χ1n) is 9.78. The Kier molecular flexibility index (Phi) is 5.07. The van der Waals surface area contributed by atoms with Crippen LogP contribution in [0.5, 0.6) is 0 Å². The second-order valence-corrected chi connectivity index (χ2v) is 7.48. The van der Waals surface area contributed by atoms with Crippen LogP contribution in [0.2, 0.25) is 0 Å². The van der Waals surface area contributed by atoms with Gasteiger partial charge >= 0.3 is 0 Å². The van der Waals surface area contributed by atoms with Gasteiger partial charge in [0.1, 0.15) is 11.6 Å². The summed E-state index contributed by atoms with van der Waals surface area (Å²) in [5.74, 6) is 2.34. The zero-order chi connectivity index (χ0) is 18.8. The minimum atomic E-state index is -0.0492. The number of aromatic amines is 1. The standard InChI is InChI=1S/C19H27N7O/c1-12-10-18(25-24-12)23-17-11-15(21-13(2)22-17)16-7-5-9-26(16)19(27)14-6-3-4-8-20-14/h10-11,14,16,20H,3-9H2,1-2H3,(H2,21,22,23,24,25)/t14-,16+/m0/s1. The molecule has 0 spiro atoms. The SMILES string of the molecule is Cc1nc(Nc2cc(C)[nH]n2)cc([C@H]2CCCN2C(=O)[C@@H]2CCCCN2)n1. The second kappa shape index (κ2) is 7.64. The number of nitrogens with one attached hydrogen (secondary N) is 3. The highest BCUT2D eigenvalue weighted by atomic mass is 16.2. The van der Waals surface area contributed by atoms with Gasteiger partial charge in [0.25, 0.3) is 0 Å². The van der Waals surface area contributed by atoms with E-state index in [1.807, 2.05) is 30.9 Å². The molecule has 0 aromatic carbocycles. The first-order chi connectivity index (χ1) is 13.1. The van der Waals surface area contributed by atoms with Crippen LogP contribution in [-0.4, -0.2) is 50.1 Å². The van der Waals surface area contributed by atoms with E-state index < -0.39 is 0 Å². The maximum atomic E-state index is 13.0. The fraction of sp³-hybridized carbons (Fsp3) is 0.579. The molecule has 2 aromatic rings. The lowest BCUT2D eigenvalue weighted by Gasteiger charge is -2.31. The Hall–Kier alpha value is -2.48. The van der Waals surface area contributed by atoms with Crippen LogP contribution >= 0.6 is 0 Å². The lowest BCUT2D eigenvalue weighted by atomic mass is 10.0. The molecule has 2 aromatic heterocycles. The molecule has 4 heterocycles. The maximum absolute atomic E-state index is 13.0. The van der Waals surface area contributed by atoms with Gasteiger partial charge in [-0.2, -0.15) is 5.10 Å². The predicted octanol–water partition coefficient (Wildman–Crippen LogP) is 2.37. The molecule has 2 aliphatic rings. The summed E-state index contributed by atoms with van der Waals surface area (Å²) in [4.78, 5) is 24.2. The predicted molar refractivity (Wildman–Crippen MR) is 103 cm³/mol. The third-order valence-electron chi connectivity index (χ3n) is 5.31. The Morgan fingerprint density at radius 2 is 2.04 bits per heavy atom. The summed E-state index contributed by atoms with van der Waals surface area (Å²) in [6.07, 6.45) is 5.14. The van der Waals surface area contributed by atoms with Crippen molar-refractivity contribution < 1.29 is 4.79 Å². The molecule has 1 amide bonds. The van der Waals surface area contributed by atoms with Crippen molar-refractivity contribution in [1.82, 2.24) is 30.4 Å². The first-order valence-corrected chi connectivity index (χ1v) is 9.78. The Morgan fingerprint density at radius 1 is 1.15 bits per heavy atom. The van der Waals surface area contributed by atoms with Gasteiger partial charge in [-0.25, -0.2) is 9.97 Å². The average Bonchev–Trinajstić information content (AvgIpc) is 3.30. The van der Waals surface area contributed by atoms with Crippen molar-refractivity contribution >= 4 is 17.5 Å². The zero-order valence-corrected chi connectivity index (χ0v) is 16.0. The van der Waals surface area contributed by atoms with Crippen molar-refractivity contribution in [2.45, 2.75) is 58.0 Å². The Morgan fingerprint density at radius 3 is 2.78 bits per heavy atom. The van der Waals surface area contributed by atoms with E-state index in [1.54, 1.807) is 0 Å². The molecule has 27 heavy (non-hydrogen) atoms. The highest BCUT2D eigenvalue weighted by Crippen LogP contribution is 2.33. The molecule has 0 saturated carbocycles.